The normalized spacial score (nSPS) is 16.2. The molecule has 0 bridgehead atoms. The lowest BCUT2D eigenvalue weighted by Gasteiger charge is -2.47. The largest absolute Gasteiger partial charge is 0.494 e. The van der Waals surface area contributed by atoms with Gasteiger partial charge in [0.05, 0.1) is 18.6 Å². The number of piperazine rings is 1. The van der Waals surface area contributed by atoms with Crippen LogP contribution in [0.4, 0.5) is 0 Å². The quantitative estimate of drug-likeness (QED) is 0.185. The van der Waals surface area contributed by atoms with Crippen LogP contribution in [0.1, 0.15) is 45.1 Å². The molecule has 1 atom stereocenters. The highest BCUT2D eigenvalue weighted by atomic mass is 16.5. The van der Waals surface area contributed by atoms with Crippen molar-refractivity contribution in [1.82, 2.24) is 10.2 Å². The molecule has 1 unspecified atom stereocenters. The molecule has 1 aromatic carbocycles. The molecule has 1 heterocycles. The number of hydrogen-bond acceptors (Lipinski definition) is 5. The molecule has 0 spiro atoms. The van der Waals surface area contributed by atoms with Crippen molar-refractivity contribution < 1.29 is 24.2 Å². The van der Waals surface area contributed by atoms with Crippen LogP contribution in [-0.2, 0) is 14.4 Å². The van der Waals surface area contributed by atoms with Gasteiger partial charge in [0.2, 0.25) is 0 Å². The van der Waals surface area contributed by atoms with Gasteiger partial charge >= 0.3 is 17.8 Å². The van der Waals surface area contributed by atoms with Crippen LogP contribution < -0.4 is 15.8 Å². The zero-order valence-corrected chi connectivity index (χ0v) is 17.4. The number of nitrogens with one attached hydrogen (secondary N) is 2. The van der Waals surface area contributed by atoms with Crippen LogP contribution in [0, 0.1) is 11.3 Å². The van der Waals surface area contributed by atoms with Crippen LogP contribution in [0.2, 0.25) is 0 Å². The molecule has 1 aliphatic rings. The lowest BCUT2D eigenvalue weighted by atomic mass is 9.77. The van der Waals surface area contributed by atoms with Crippen LogP contribution >= 0.6 is 0 Å². The Morgan fingerprint density at radius 1 is 1.30 bits per heavy atom. The standard InChI is InChI=1S/C21H30N4O5/c1-14(2)21(13-17(26)27,25-11-10-24-19(28)20(25)29)9-3-4-12-30-16-7-5-15(6-8-16)18(22)23/h5-8,14H,3-4,9-13H2,1-2H3,(H3,22,23)(H,24,28)(H,26,27). The Hall–Kier alpha value is -3.10. The number of ether oxygens (including phenoxy) is 1. The second kappa shape index (κ2) is 10.1. The van der Waals surface area contributed by atoms with E-state index in [-0.39, 0.29) is 18.2 Å². The van der Waals surface area contributed by atoms with Gasteiger partial charge in [-0.1, -0.05) is 13.8 Å². The van der Waals surface area contributed by atoms with Crippen LogP contribution in [0.3, 0.4) is 0 Å². The maximum absolute atomic E-state index is 12.5. The van der Waals surface area contributed by atoms with Gasteiger partial charge in [0.15, 0.2) is 0 Å². The number of amidine groups is 1. The molecule has 2 rings (SSSR count). The number of hydrogen-bond donors (Lipinski definition) is 4. The van der Waals surface area contributed by atoms with E-state index in [0.717, 1.165) is 0 Å². The third-order valence-electron chi connectivity index (χ3n) is 5.57. The van der Waals surface area contributed by atoms with Crippen molar-refractivity contribution in [3.8, 4) is 5.75 Å². The van der Waals surface area contributed by atoms with Crippen molar-refractivity contribution in [3.05, 3.63) is 29.8 Å². The zero-order valence-electron chi connectivity index (χ0n) is 17.4. The van der Waals surface area contributed by atoms with Gasteiger partial charge in [-0.3, -0.25) is 19.8 Å². The first-order valence-corrected chi connectivity index (χ1v) is 10.1. The Morgan fingerprint density at radius 2 is 1.97 bits per heavy atom. The summed E-state index contributed by atoms with van der Waals surface area (Å²) in [5.41, 5.74) is 5.12. The number of amides is 2. The number of rotatable bonds is 11. The average Bonchev–Trinajstić information content (AvgIpc) is 2.68. The van der Waals surface area contributed by atoms with Gasteiger partial charge in [0.1, 0.15) is 11.6 Å². The average molecular weight is 418 g/mol. The minimum Gasteiger partial charge on any atom is -0.494 e. The smallest absolute Gasteiger partial charge is 0.312 e. The number of carboxylic acids is 1. The Kier molecular flexibility index (Phi) is 7.79. The maximum atomic E-state index is 12.5. The van der Waals surface area contributed by atoms with Crippen molar-refractivity contribution in [2.75, 3.05) is 19.7 Å². The molecule has 30 heavy (non-hydrogen) atoms. The molecular weight excluding hydrogens is 388 g/mol. The highest BCUT2D eigenvalue weighted by Crippen LogP contribution is 2.35. The first kappa shape index (κ1) is 23.2. The van der Waals surface area contributed by atoms with Crippen molar-refractivity contribution >= 4 is 23.6 Å². The second-order valence-corrected chi connectivity index (χ2v) is 7.79. The van der Waals surface area contributed by atoms with Crippen LogP contribution in [0.15, 0.2) is 24.3 Å². The molecule has 1 saturated heterocycles. The van der Waals surface area contributed by atoms with Gasteiger partial charge in [-0.05, 0) is 49.4 Å². The molecule has 9 heteroatoms. The fraction of sp³-hybridized carbons (Fsp3) is 0.524. The number of carbonyl (C=O) groups is 3. The monoisotopic (exact) mass is 418 g/mol. The molecule has 1 aromatic rings. The number of benzene rings is 1. The van der Waals surface area contributed by atoms with Gasteiger partial charge in [0, 0.05) is 18.7 Å². The Labute approximate surface area is 176 Å². The fourth-order valence-corrected chi connectivity index (χ4v) is 3.84. The van der Waals surface area contributed by atoms with Crippen LogP contribution in [-0.4, -0.2) is 58.9 Å². The van der Waals surface area contributed by atoms with Gasteiger partial charge in [-0.2, -0.15) is 0 Å². The highest BCUT2D eigenvalue weighted by Gasteiger charge is 2.46. The molecule has 1 fully saturated rings. The number of carboxylic acid groups (broad SMARTS) is 1. The van der Waals surface area contributed by atoms with Crippen molar-refractivity contribution in [2.24, 2.45) is 11.7 Å². The lowest BCUT2D eigenvalue weighted by molar-refractivity contribution is -0.158. The van der Waals surface area contributed by atoms with E-state index >= 15 is 0 Å². The van der Waals surface area contributed by atoms with E-state index in [4.69, 9.17) is 15.9 Å². The predicted octanol–water partition coefficient (Wildman–Crippen LogP) is 1.35. The summed E-state index contributed by atoms with van der Waals surface area (Å²) in [6.07, 6.45) is 1.55. The molecule has 2 amide bonds. The number of nitrogens with two attached hydrogens (primary N) is 1. The summed E-state index contributed by atoms with van der Waals surface area (Å²) in [6.45, 7) is 4.81. The summed E-state index contributed by atoms with van der Waals surface area (Å²) in [5.74, 6) is -1.84. The Balaban J connectivity index is 2.00. The minimum absolute atomic E-state index is 0.00838. The summed E-state index contributed by atoms with van der Waals surface area (Å²) in [5, 5.41) is 19.4. The number of unbranched alkanes of at least 4 members (excludes halogenated alkanes) is 1. The van der Waals surface area contributed by atoms with E-state index in [1.54, 1.807) is 24.3 Å². The minimum atomic E-state index is -0.996. The van der Waals surface area contributed by atoms with Gasteiger partial charge in [0.25, 0.3) is 0 Å². The Morgan fingerprint density at radius 3 is 2.53 bits per heavy atom. The van der Waals surface area contributed by atoms with Crippen LogP contribution in [0.25, 0.3) is 0 Å². The molecular formula is C21H30N4O5. The van der Waals surface area contributed by atoms with E-state index in [1.807, 2.05) is 13.8 Å². The number of carbonyl (C=O) groups excluding carboxylic acids is 2. The van der Waals surface area contributed by atoms with Crippen LogP contribution in [0.5, 0.6) is 5.75 Å². The van der Waals surface area contributed by atoms with Crippen molar-refractivity contribution in [3.63, 3.8) is 0 Å². The van der Waals surface area contributed by atoms with Crippen molar-refractivity contribution in [2.45, 2.75) is 45.1 Å². The third kappa shape index (κ3) is 5.49. The highest BCUT2D eigenvalue weighted by molar-refractivity contribution is 6.35. The van der Waals surface area contributed by atoms with Gasteiger partial charge < -0.3 is 25.8 Å². The topological polar surface area (TPSA) is 146 Å². The predicted molar refractivity (Wildman–Crippen MR) is 111 cm³/mol. The lowest BCUT2D eigenvalue weighted by Crippen LogP contribution is -2.64. The Bertz CT molecular complexity index is 793. The SMILES string of the molecule is CC(C)C(CCCCOc1ccc(C(=N)N)cc1)(CC(=O)O)N1CCNC(=O)C1=O. The van der Waals surface area contributed by atoms with Gasteiger partial charge in [-0.15, -0.1) is 0 Å². The van der Waals surface area contributed by atoms with Crippen molar-refractivity contribution in [1.29, 1.82) is 5.41 Å². The summed E-state index contributed by atoms with van der Waals surface area (Å²) >= 11 is 0. The molecule has 164 valence electrons. The zero-order chi connectivity index (χ0) is 22.3. The summed E-state index contributed by atoms with van der Waals surface area (Å²) in [4.78, 5) is 37.4. The molecule has 9 nitrogen and oxygen atoms in total. The molecule has 0 radical (unpaired) electrons. The summed E-state index contributed by atoms with van der Waals surface area (Å²) < 4.78 is 5.71. The molecule has 1 aliphatic heterocycles. The maximum Gasteiger partial charge on any atom is 0.312 e. The number of aliphatic carboxylic acids is 1. The summed E-state index contributed by atoms with van der Waals surface area (Å²) in [7, 11) is 0. The fourth-order valence-electron chi connectivity index (χ4n) is 3.84. The molecule has 0 saturated carbocycles. The van der Waals surface area contributed by atoms with E-state index < -0.39 is 23.3 Å². The first-order chi connectivity index (χ1) is 14.2. The molecule has 0 aliphatic carbocycles. The third-order valence-corrected chi connectivity index (χ3v) is 5.57. The van der Waals surface area contributed by atoms with Gasteiger partial charge in [-0.25, -0.2) is 0 Å². The summed E-state index contributed by atoms with van der Waals surface area (Å²) in [6, 6.07) is 6.90. The number of nitrogen functional groups attached to an aromatic ring is 1. The van der Waals surface area contributed by atoms with E-state index in [0.29, 0.717) is 50.3 Å². The number of nitrogens with zero attached hydrogens (tertiary/aromatic N) is 1. The van der Waals surface area contributed by atoms with E-state index in [2.05, 4.69) is 5.32 Å². The van der Waals surface area contributed by atoms with E-state index in [9.17, 15) is 19.5 Å². The second-order valence-electron chi connectivity index (χ2n) is 7.79. The van der Waals surface area contributed by atoms with E-state index in [1.165, 1.54) is 4.90 Å². The molecule has 5 N–H and O–H groups in total. The first-order valence-electron chi connectivity index (χ1n) is 10.1. The molecule has 0 aromatic heterocycles.